The van der Waals surface area contributed by atoms with Gasteiger partial charge in [-0.15, -0.1) is 5.10 Å². The van der Waals surface area contributed by atoms with Crippen molar-refractivity contribution in [3.8, 4) is 0 Å². The van der Waals surface area contributed by atoms with Crippen LogP contribution in [0.4, 0.5) is 0 Å². The fourth-order valence-corrected chi connectivity index (χ4v) is 4.55. The molecule has 3 heterocycles. The third kappa shape index (κ3) is 3.09. The third-order valence-electron chi connectivity index (χ3n) is 6.35. The van der Waals surface area contributed by atoms with Crippen LogP contribution >= 0.6 is 0 Å². The first-order valence-corrected chi connectivity index (χ1v) is 10.3. The van der Waals surface area contributed by atoms with Crippen LogP contribution in [0.5, 0.6) is 0 Å². The second kappa shape index (κ2) is 7.32. The van der Waals surface area contributed by atoms with Crippen LogP contribution in [0.25, 0.3) is 0 Å². The van der Waals surface area contributed by atoms with Crippen LogP contribution in [0.2, 0.25) is 0 Å². The van der Waals surface area contributed by atoms with Crippen molar-refractivity contribution in [2.24, 2.45) is 5.92 Å². The lowest BCUT2D eigenvalue weighted by atomic mass is 9.89. The number of nitrogens with zero attached hydrogens (tertiary/aromatic N) is 5. The van der Waals surface area contributed by atoms with E-state index in [1.807, 2.05) is 4.68 Å². The molecule has 1 aromatic carbocycles. The van der Waals surface area contributed by atoms with E-state index in [4.69, 9.17) is 4.84 Å². The van der Waals surface area contributed by atoms with E-state index in [0.717, 1.165) is 37.3 Å². The highest BCUT2D eigenvalue weighted by molar-refractivity contribution is 6.20. The number of aryl methyl sites for hydroxylation is 1. The molecule has 5 rings (SSSR count). The average molecular weight is 409 g/mol. The predicted octanol–water partition coefficient (Wildman–Crippen LogP) is 1.40. The highest BCUT2D eigenvalue weighted by Gasteiger charge is 2.41. The van der Waals surface area contributed by atoms with Gasteiger partial charge in [0.15, 0.2) is 0 Å². The zero-order valence-electron chi connectivity index (χ0n) is 16.8. The van der Waals surface area contributed by atoms with Gasteiger partial charge >= 0.3 is 5.97 Å². The third-order valence-corrected chi connectivity index (χ3v) is 6.35. The molecule has 1 aromatic heterocycles. The highest BCUT2D eigenvalue weighted by atomic mass is 16.7. The molecule has 9 nitrogen and oxygen atoms in total. The number of amides is 2. The lowest BCUT2D eigenvalue weighted by molar-refractivity contribution is -0.174. The summed E-state index contributed by atoms with van der Waals surface area (Å²) in [7, 11) is 2.11. The van der Waals surface area contributed by atoms with Gasteiger partial charge in [-0.1, -0.05) is 22.4 Å². The Kier molecular flexibility index (Phi) is 4.62. The largest absolute Gasteiger partial charge is 0.336 e. The van der Waals surface area contributed by atoms with Crippen LogP contribution in [0.3, 0.4) is 0 Å². The van der Waals surface area contributed by atoms with Crippen molar-refractivity contribution in [3.05, 3.63) is 46.8 Å². The van der Waals surface area contributed by atoms with Crippen LogP contribution in [0.1, 0.15) is 57.4 Å². The first-order chi connectivity index (χ1) is 14.5. The molecule has 156 valence electrons. The maximum Gasteiger partial charge on any atom is 0.336 e. The van der Waals surface area contributed by atoms with Crippen LogP contribution in [0.15, 0.2) is 24.3 Å². The van der Waals surface area contributed by atoms with Gasteiger partial charge in [-0.3, -0.25) is 9.59 Å². The summed E-state index contributed by atoms with van der Waals surface area (Å²) in [6.07, 6.45) is 3.63. The Labute approximate surface area is 173 Å². The van der Waals surface area contributed by atoms with Crippen molar-refractivity contribution < 1.29 is 19.2 Å². The SMILES string of the molecule is CN1CCC(n2nnc3c2CC(C(=O)ON2C(=O)c4ccccc4C2=O)CC3)CC1. The van der Waals surface area contributed by atoms with E-state index in [9.17, 15) is 14.4 Å². The zero-order valence-corrected chi connectivity index (χ0v) is 16.8. The Morgan fingerprint density at radius 1 is 1.07 bits per heavy atom. The van der Waals surface area contributed by atoms with E-state index in [2.05, 4.69) is 22.3 Å². The maximum atomic E-state index is 12.8. The van der Waals surface area contributed by atoms with Gasteiger partial charge in [-0.25, -0.2) is 9.48 Å². The standard InChI is InChI=1S/C21H23N5O4/c1-24-10-8-14(9-11-24)25-18-12-13(6-7-17(18)22-23-25)21(29)30-26-19(27)15-4-2-3-5-16(15)20(26)28/h2-5,13-14H,6-12H2,1H3. The van der Waals surface area contributed by atoms with Crippen molar-refractivity contribution >= 4 is 17.8 Å². The summed E-state index contributed by atoms with van der Waals surface area (Å²) in [5, 5.41) is 9.29. The molecule has 1 fully saturated rings. The molecule has 0 spiro atoms. The number of rotatable bonds is 3. The molecule has 1 atom stereocenters. The summed E-state index contributed by atoms with van der Waals surface area (Å²) >= 11 is 0. The molecule has 1 unspecified atom stereocenters. The highest BCUT2D eigenvalue weighted by Crippen LogP contribution is 2.31. The van der Waals surface area contributed by atoms with Crippen molar-refractivity contribution in [1.82, 2.24) is 25.0 Å². The van der Waals surface area contributed by atoms with Crippen LogP contribution in [-0.4, -0.2) is 62.9 Å². The van der Waals surface area contributed by atoms with E-state index in [1.54, 1.807) is 24.3 Å². The van der Waals surface area contributed by atoms with Gasteiger partial charge in [0.05, 0.1) is 34.5 Å². The first kappa shape index (κ1) is 18.9. The van der Waals surface area contributed by atoms with Crippen LogP contribution < -0.4 is 0 Å². The molecule has 3 aliphatic rings. The number of piperidine rings is 1. The normalized spacial score (nSPS) is 22.2. The predicted molar refractivity (Wildman–Crippen MR) is 104 cm³/mol. The molecular formula is C21H23N5O4. The summed E-state index contributed by atoms with van der Waals surface area (Å²) < 4.78 is 1.98. The van der Waals surface area contributed by atoms with Gasteiger partial charge in [0, 0.05) is 6.42 Å². The van der Waals surface area contributed by atoms with Gasteiger partial charge in [-0.2, -0.15) is 0 Å². The number of hydroxylamine groups is 2. The monoisotopic (exact) mass is 409 g/mol. The maximum absolute atomic E-state index is 12.8. The molecule has 2 aliphatic heterocycles. The molecular weight excluding hydrogens is 386 g/mol. The Hall–Kier alpha value is -3.07. The molecule has 1 aliphatic carbocycles. The van der Waals surface area contributed by atoms with E-state index >= 15 is 0 Å². The zero-order chi connectivity index (χ0) is 20.8. The first-order valence-electron chi connectivity index (χ1n) is 10.3. The molecule has 9 heteroatoms. The smallest absolute Gasteiger partial charge is 0.329 e. The average Bonchev–Trinajstić information content (AvgIpc) is 3.29. The Balaban J connectivity index is 1.30. The van der Waals surface area contributed by atoms with Crippen molar-refractivity contribution in [2.75, 3.05) is 20.1 Å². The fourth-order valence-electron chi connectivity index (χ4n) is 4.55. The minimum absolute atomic E-state index is 0.255. The molecule has 2 aromatic rings. The molecule has 0 N–H and O–H groups in total. The molecule has 2 amide bonds. The summed E-state index contributed by atoms with van der Waals surface area (Å²) in [4.78, 5) is 45.4. The lowest BCUT2D eigenvalue weighted by Gasteiger charge is -2.30. The fraction of sp³-hybridized carbons (Fsp3) is 0.476. The number of likely N-dealkylation sites (tertiary alicyclic amines) is 1. The van der Waals surface area contributed by atoms with Gasteiger partial charge in [0.2, 0.25) is 0 Å². The summed E-state index contributed by atoms with van der Waals surface area (Å²) in [5.41, 5.74) is 2.41. The number of carbonyl (C=O) groups excluding carboxylic acids is 3. The summed E-state index contributed by atoms with van der Waals surface area (Å²) in [5.74, 6) is -2.20. The van der Waals surface area contributed by atoms with Crippen molar-refractivity contribution in [1.29, 1.82) is 0 Å². The number of carbonyl (C=O) groups is 3. The van der Waals surface area contributed by atoms with Gasteiger partial charge in [0.25, 0.3) is 11.8 Å². The Bertz CT molecular complexity index is 989. The quantitative estimate of drug-likeness (QED) is 0.707. The minimum Gasteiger partial charge on any atom is -0.329 e. The topological polar surface area (TPSA) is 97.6 Å². The second-order valence-corrected chi connectivity index (χ2v) is 8.26. The molecule has 30 heavy (non-hydrogen) atoms. The number of benzene rings is 1. The lowest BCUT2D eigenvalue weighted by Crippen LogP contribution is -2.37. The van der Waals surface area contributed by atoms with Gasteiger partial charge in [0.1, 0.15) is 0 Å². The molecule has 1 saturated heterocycles. The Morgan fingerprint density at radius 3 is 2.40 bits per heavy atom. The Morgan fingerprint density at radius 2 is 1.73 bits per heavy atom. The van der Waals surface area contributed by atoms with Crippen molar-refractivity contribution in [2.45, 2.75) is 38.1 Å². The van der Waals surface area contributed by atoms with Crippen molar-refractivity contribution in [3.63, 3.8) is 0 Å². The van der Waals surface area contributed by atoms with Gasteiger partial charge < -0.3 is 9.74 Å². The van der Waals surface area contributed by atoms with Crippen LogP contribution in [-0.2, 0) is 22.5 Å². The van der Waals surface area contributed by atoms with Crippen LogP contribution in [0, 0.1) is 5.92 Å². The molecule has 0 bridgehead atoms. The number of aromatic nitrogens is 3. The van der Waals surface area contributed by atoms with Gasteiger partial charge in [-0.05, 0) is 58.0 Å². The number of imide groups is 1. The van der Waals surface area contributed by atoms with E-state index in [-0.39, 0.29) is 17.2 Å². The molecule has 0 radical (unpaired) electrons. The molecule has 0 saturated carbocycles. The van der Waals surface area contributed by atoms with E-state index in [0.29, 0.717) is 24.3 Å². The second-order valence-electron chi connectivity index (χ2n) is 8.26. The number of hydrogen-bond acceptors (Lipinski definition) is 7. The minimum atomic E-state index is -0.599. The van der Waals surface area contributed by atoms with E-state index < -0.39 is 23.7 Å². The summed E-state index contributed by atoms with van der Waals surface area (Å²) in [6, 6.07) is 6.75. The summed E-state index contributed by atoms with van der Waals surface area (Å²) in [6.45, 7) is 2.01. The van der Waals surface area contributed by atoms with E-state index in [1.165, 1.54) is 0 Å². The number of hydrogen-bond donors (Lipinski definition) is 0. The number of fused-ring (bicyclic) bond motifs is 2.